The number of carbonyl (C=O) groups excluding carboxylic acids is 2. The van der Waals surface area contributed by atoms with Crippen LogP contribution in [-0.4, -0.2) is 30.2 Å². The second-order valence-corrected chi connectivity index (χ2v) is 4.97. The predicted octanol–water partition coefficient (Wildman–Crippen LogP) is 2.07. The van der Waals surface area contributed by atoms with Gasteiger partial charge < -0.3 is 10.1 Å². The Morgan fingerprint density at radius 1 is 1.31 bits per heavy atom. The highest BCUT2D eigenvalue weighted by molar-refractivity contribution is 5.88. The second kappa shape index (κ2) is 5.82. The molecule has 0 aromatic rings. The molecule has 0 aliphatic heterocycles. The standard InChI is InChI=1S/C11H20FNO3/c1-7(2)9(8(14)6-12)13-10(15)16-11(3,4)5/h7,9H,6H2,1-5H3,(H,13,15)/t9-/m0/s1. The molecule has 0 saturated heterocycles. The van der Waals surface area contributed by atoms with E-state index in [4.69, 9.17) is 4.74 Å². The molecule has 0 radical (unpaired) electrons. The molecule has 0 bridgehead atoms. The molecule has 1 atom stereocenters. The fourth-order valence-corrected chi connectivity index (χ4v) is 1.14. The number of nitrogens with one attached hydrogen (secondary N) is 1. The first-order valence-electron chi connectivity index (χ1n) is 5.25. The van der Waals surface area contributed by atoms with Crippen molar-refractivity contribution >= 4 is 11.9 Å². The smallest absolute Gasteiger partial charge is 0.408 e. The first-order chi connectivity index (χ1) is 7.17. The summed E-state index contributed by atoms with van der Waals surface area (Å²) in [5, 5.41) is 2.37. The van der Waals surface area contributed by atoms with Gasteiger partial charge in [0, 0.05) is 0 Å². The van der Waals surface area contributed by atoms with Crippen molar-refractivity contribution in [1.29, 1.82) is 0 Å². The van der Waals surface area contributed by atoms with Crippen molar-refractivity contribution in [3.8, 4) is 0 Å². The monoisotopic (exact) mass is 233 g/mol. The third kappa shape index (κ3) is 5.68. The number of alkyl carbamates (subject to hydrolysis) is 1. The van der Waals surface area contributed by atoms with E-state index in [2.05, 4.69) is 5.32 Å². The zero-order valence-electron chi connectivity index (χ0n) is 10.5. The number of carbonyl (C=O) groups is 2. The molecule has 1 amide bonds. The lowest BCUT2D eigenvalue weighted by atomic mass is 10.0. The van der Waals surface area contributed by atoms with E-state index in [0.29, 0.717) is 0 Å². The maximum Gasteiger partial charge on any atom is 0.408 e. The van der Waals surface area contributed by atoms with Crippen LogP contribution < -0.4 is 5.32 Å². The zero-order valence-corrected chi connectivity index (χ0v) is 10.5. The van der Waals surface area contributed by atoms with Crippen molar-refractivity contribution in [3.05, 3.63) is 0 Å². The van der Waals surface area contributed by atoms with Gasteiger partial charge in [0.15, 0.2) is 5.78 Å². The minimum absolute atomic E-state index is 0.171. The third-order valence-corrected chi connectivity index (χ3v) is 1.82. The summed E-state index contributed by atoms with van der Waals surface area (Å²) in [6.45, 7) is 7.53. The van der Waals surface area contributed by atoms with Crippen LogP contribution in [0.5, 0.6) is 0 Å². The first kappa shape index (κ1) is 14.9. The van der Waals surface area contributed by atoms with E-state index in [1.807, 2.05) is 0 Å². The quantitative estimate of drug-likeness (QED) is 0.808. The van der Waals surface area contributed by atoms with Crippen molar-refractivity contribution in [1.82, 2.24) is 5.32 Å². The lowest BCUT2D eigenvalue weighted by molar-refractivity contribution is -0.122. The average Bonchev–Trinajstić information content (AvgIpc) is 2.09. The molecule has 0 aromatic carbocycles. The van der Waals surface area contributed by atoms with E-state index in [1.165, 1.54) is 0 Å². The number of Topliss-reactive ketones (excluding diaryl/α,β-unsaturated/α-hetero) is 1. The lowest BCUT2D eigenvalue weighted by Crippen LogP contribution is -2.47. The van der Waals surface area contributed by atoms with Crippen LogP contribution in [0.3, 0.4) is 0 Å². The van der Waals surface area contributed by atoms with Crippen LogP contribution in [0.2, 0.25) is 0 Å². The van der Waals surface area contributed by atoms with Crippen LogP contribution in [-0.2, 0) is 9.53 Å². The van der Waals surface area contributed by atoms with Crippen molar-refractivity contribution in [2.24, 2.45) is 5.92 Å². The number of halogens is 1. The maximum atomic E-state index is 12.2. The highest BCUT2D eigenvalue weighted by Gasteiger charge is 2.26. The number of amides is 1. The number of ether oxygens (including phenoxy) is 1. The maximum absolute atomic E-state index is 12.2. The van der Waals surface area contributed by atoms with Crippen molar-refractivity contribution < 1.29 is 18.7 Å². The average molecular weight is 233 g/mol. The predicted molar refractivity (Wildman–Crippen MR) is 59.0 cm³/mol. The molecule has 0 aliphatic carbocycles. The number of rotatable bonds is 4. The Balaban J connectivity index is 4.42. The topological polar surface area (TPSA) is 55.4 Å². The fraction of sp³-hybridized carbons (Fsp3) is 0.818. The Hall–Kier alpha value is -1.13. The molecule has 0 fully saturated rings. The molecule has 0 heterocycles. The minimum Gasteiger partial charge on any atom is -0.444 e. The molecule has 94 valence electrons. The van der Waals surface area contributed by atoms with E-state index >= 15 is 0 Å². The molecule has 5 heteroatoms. The Morgan fingerprint density at radius 3 is 2.12 bits per heavy atom. The van der Waals surface area contributed by atoms with Crippen molar-refractivity contribution in [3.63, 3.8) is 0 Å². The van der Waals surface area contributed by atoms with Crippen LogP contribution in [0.15, 0.2) is 0 Å². The molecule has 0 aliphatic rings. The van der Waals surface area contributed by atoms with Crippen LogP contribution in [0.25, 0.3) is 0 Å². The summed E-state index contributed by atoms with van der Waals surface area (Å²) in [4.78, 5) is 22.6. The van der Waals surface area contributed by atoms with Crippen molar-refractivity contribution in [2.45, 2.75) is 46.3 Å². The molecule has 0 saturated carbocycles. The number of hydrogen-bond donors (Lipinski definition) is 1. The summed E-state index contributed by atoms with van der Waals surface area (Å²) in [6, 6.07) is -0.833. The molecule has 16 heavy (non-hydrogen) atoms. The highest BCUT2D eigenvalue weighted by atomic mass is 19.1. The second-order valence-electron chi connectivity index (χ2n) is 4.97. The van der Waals surface area contributed by atoms with E-state index in [9.17, 15) is 14.0 Å². The van der Waals surface area contributed by atoms with E-state index in [-0.39, 0.29) is 5.92 Å². The van der Waals surface area contributed by atoms with Gasteiger partial charge in [0.2, 0.25) is 0 Å². The van der Waals surface area contributed by atoms with Gasteiger partial charge in [-0.25, -0.2) is 9.18 Å². The summed E-state index contributed by atoms with van der Waals surface area (Å²) in [5.41, 5.74) is -0.635. The van der Waals surface area contributed by atoms with Gasteiger partial charge in [-0.3, -0.25) is 4.79 Å². The number of hydrogen-bond acceptors (Lipinski definition) is 3. The Kier molecular flexibility index (Phi) is 5.41. The van der Waals surface area contributed by atoms with Gasteiger partial charge in [0.1, 0.15) is 12.3 Å². The molecule has 0 rings (SSSR count). The molecule has 4 nitrogen and oxygen atoms in total. The normalized spacial score (nSPS) is 13.4. The van der Waals surface area contributed by atoms with Crippen LogP contribution in [0.1, 0.15) is 34.6 Å². The molecular formula is C11H20FNO3. The Bertz CT molecular complexity index is 258. The largest absolute Gasteiger partial charge is 0.444 e. The van der Waals surface area contributed by atoms with Crippen LogP contribution in [0.4, 0.5) is 9.18 Å². The Labute approximate surface area is 95.5 Å². The summed E-state index contributed by atoms with van der Waals surface area (Å²) < 4.78 is 17.2. The third-order valence-electron chi connectivity index (χ3n) is 1.82. The van der Waals surface area contributed by atoms with Crippen LogP contribution >= 0.6 is 0 Å². The molecule has 0 spiro atoms. The van der Waals surface area contributed by atoms with Crippen LogP contribution in [0, 0.1) is 5.92 Å². The summed E-state index contributed by atoms with van der Waals surface area (Å²) in [6.07, 6.45) is -0.701. The summed E-state index contributed by atoms with van der Waals surface area (Å²) in [7, 11) is 0. The van der Waals surface area contributed by atoms with Crippen molar-refractivity contribution in [2.75, 3.05) is 6.67 Å². The van der Waals surface area contributed by atoms with Gasteiger partial charge in [-0.05, 0) is 26.7 Å². The van der Waals surface area contributed by atoms with Gasteiger partial charge in [0.05, 0.1) is 6.04 Å². The number of alkyl halides is 1. The summed E-state index contributed by atoms with van der Waals surface area (Å²) in [5.74, 6) is -0.809. The molecular weight excluding hydrogens is 213 g/mol. The van der Waals surface area contributed by atoms with Gasteiger partial charge in [-0.1, -0.05) is 13.8 Å². The Morgan fingerprint density at radius 2 is 1.81 bits per heavy atom. The minimum atomic E-state index is -1.08. The fourth-order valence-electron chi connectivity index (χ4n) is 1.14. The lowest BCUT2D eigenvalue weighted by Gasteiger charge is -2.24. The summed E-state index contributed by atoms with van der Waals surface area (Å²) >= 11 is 0. The van der Waals surface area contributed by atoms with E-state index < -0.39 is 30.2 Å². The van der Waals surface area contributed by atoms with Gasteiger partial charge in [-0.2, -0.15) is 0 Å². The molecule has 0 aromatic heterocycles. The van der Waals surface area contributed by atoms with Gasteiger partial charge in [-0.15, -0.1) is 0 Å². The number of ketones is 1. The van der Waals surface area contributed by atoms with E-state index in [0.717, 1.165) is 0 Å². The zero-order chi connectivity index (χ0) is 12.9. The molecule has 1 N–H and O–H groups in total. The SMILES string of the molecule is CC(C)[C@H](NC(=O)OC(C)(C)C)C(=O)CF. The van der Waals surface area contributed by atoms with Gasteiger partial charge >= 0.3 is 6.09 Å². The molecule has 0 unspecified atom stereocenters. The van der Waals surface area contributed by atoms with E-state index in [1.54, 1.807) is 34.6 Å². The first-order valence-corrected chi connectivity index (χ1v) is 5.25. The highest BCUT2D eigenvalue weighted by Crippen LogP contribution is 2.09. The van der Waals surface area contributed by atoms with Gasteiger partial charge in [0.25, 0.3) is 0 Å².